The summed E-state index contributed by atoms with van der Waals surface area (Å²) in [5.74, 6) is -0.505. The molecule has 0 unspecified atom stereocenters. The fourth-order valence-corrected chi connectivity index (χ4v) is 3.35. The molecule has 1 aliphatic rings. The Balaban J connectivity index is 1.91. The van der Waals surface area contributed by atoms with Crippen molar-refractivity contribution >= 4 is 11.9 Å². The van der Waals surface area contributed by atoms with Crippen LogP contribution in [0, 0.1) is 5.92 Å². The van der Waals surface area contributed by atoms with Crippen LogP contribution in [-0.2, 0) is 4.79 Å². The second kappa shape index (κ2) is 8.13. The molecule has 1 aliphatic heterocycles. The summed E-state index contributed by atoms with van der Waals surface area (Å²) in [4.78, 5) is 25.6. The zero-order chi connectivity index (χ0) is 16.8. The molecule has 0 atom stereocenters. The smallest absolute Gasteiger partial charge is 0.338 e. The summed E-state index contributed by atoms with van der Waals surface area (Å²) in [7, 11) is 0. The number of aromatic carboxylic acids is 1. The molecule has 1 aromatic heterocycles. The Morgan fingerprint density at radius 2 is 1.87 bits per heavy atom. The van der Waals surface area contributed by atoms with Crippen LogP contribution in [-0.4, -0.2) is 44.8 Å². The molecule has 0 saturated carbocycles. The Hall–Kier alpha value is -1.85. The largest absolute Gasteiger partial charge is 0.478 e. The normalized spacial score (nSPS) is 16.0. The number of aromatic nitrogens is 2. The highest BCUT2D eigenvalue weighted by atomic mass is 16.4. The first-order chi connectivity index (χ1) is 11.1. The Bertz CT molecular complexity index is 527. The third-order valence-corrected chi connectivity index (χ3v) is 4.62. The number of nitrogens with zero attached hydrogens (tertiary/aromatic N) is 3. The topological polar surface area (TPSA) is 75.4 Å². The van der Waals surface area contributed by atoms with Crippen molar-refractivity contribution in [1.29, 1.82) is 0 Å². The molecule has 0 spiro atoms. The lowest BCUT2D eigenvalue weighted by atomic mass is 9.95. The van der Waals surface area contributed by atoms with Gasteiger partial charge in [0, 0.05) is 25.2 Å². The molecular weight excluding hydrogens is 294 g/mol. The fourth-order valence-electron chi connectivity index (χ4n) is 3.35. The van der Waals surface area contributed by atoms with Gasteiger partial charge in [-0.3, -0.25) is 9.48 Å². The zero-order valence-corrected chi connectivity index (χ0v) is 14.1. The van der Waals surface area contributed by atoms with E-state index in [0.29, 0.717) is 5.91 Å². The molecule has 1 amide bonds. The highest BCUT2D eigenvalue weighted by Gasteiger charge is 2.28. The van der Waals surface area contributed by atoms with E-state index >= 15 is 0 Å². The number of carbonyl (C=O) groups excluding carboxylic acids is 1. The lowest BCUT2D eigenvalue weighted by Crippen LogP contribution is -2.42. The van der Waals surface area contributed by atoms with Gasteiger partial charge < -0.3 is 10.0 Å². The lowest BCUT2D eigenvalue weighted by molar-refractivity contribution is -0.137. The van der Waals surface area contributed by atoms with Gasteiger partial charge in [-0.2, -0.15) is 5.10 Å². The maximum atomic E-state index is 12.6. The van der Waals surface area contributed by atoms with Gasteiger partial charge in [-0.1, -0.05) is 26.7 Å². The molecule has 1 N–H and O–H groups in total. The average molecular weight is 321 g/mol. The molecule has 1 fully saturated rings. The van der Waals surface area contributed by atoms with Crippen LogP contribution in [0.15, 0.2) is 12.4 Å². The summed E-state index contributed by atoms with van der Waals surface area (Å²) in [6.07, 6.45) is 8.65. The summed E-state index contributed by atoms with van der Waals surface area (Å²) in [6.45, 7) is 5.71. The lowest BCUT2D eigenvalue weighted by Gasteiger charge is -2.34. The number of hydrogen-bond acceptors (Lipinski definition) is 3. The van der Waals surface area contributed by atoms with Crippen molar-refractivity contribution < 1.29 is 14.7 Å². The molecule has 1 saturated heterocycles. The third-order valence-electron chi connectivity index (χ3n) is 4.62. The molecule has 0 bridgehead atoms. The Morgan fingerprint density at radius 1 is 1.26 bits per heavy atom. The monoisotopic (exact) mass is 321 g/mol. The van der Waals surface area contributed by atoms with Crippen molar-refractivity contribution in [3.05, 3.63) is 18.0 Å². The van der Waals surface area contributed by atoms with Crippen LogP contribution in [0.1, 0.15) is 68.8 Å². The fraction of sp³-hybridized carbons (Fsp3) is 0.706. The van der Waals surface area contributed by atoms with Crippen molar-refractivity contribution in [2.75, 3.05) is 13.1 Å². The quantitative estimate of drug-likeness (QED) is 0.837. The molecule has 6 nitrogen and oxygen atoms in total. The van der Waals surface area contributed by atoms with Gasteiger partial charge in [0.1, 0.15) is 0 Å². The highest BCUT2D eigenvalue weighted by molar-refractivity contribution is 5.86. The summed E-state index contributed by atoms with van der Waals surface area (Å²) < 4.78 is 1.74. The average Bonchev–Trinajstić information content (AvgIpc) is 3.04. The van der Waals surface area contributed by atoms with Crippen LogP contribution in [0.25, 0.3) is 0 Å². The van der Waals surface area contributed by atoms with Crippen molar-refractivity contribution in [2.24, 2.45) is 5.92 Å². The number of carboxylic acid groups (broad SMARTS) is 1. The maximum Gasteiger partial charge on any atom is 0.338 e. The zero-order valence-electron chi connectivity index (χ0n) is 14.1. The third kappa shape index (κ3) is 4.33. The molecule has 128 valence electrons. The van der Waals surface area contributed by atoms with Crippen LogP contribution < -0.4 is 0 Å². The van der Waals surface area contributed by atoms with Crippen molar-refractivity contribution in [1.82, 2.24) is 14.7 Å². The van der Waals surface area contributed by atoms with E-state index in [2.05, 4.69) is 18.9 Å². The van der Waals surface area contributed by atoms with Gasteiger partial charge in [0.25, 0.3) is 0 Å². The predicted molar refractivity (Wildman–Crippen MR) is 87.3 cm³/mol. The number of likely N-dealkylation sites (tertiary alicyclic amines) is 1. The second-order valence-corrected chi connectivity index (χ2v) is 6.34. The standard InChI is InChI=1S/C17H27N3O3/c1-3-5-13(6-4-2)16(21)19-9-7-15(8-10-19)20-12-14(11-18-20)17(22)23/h11-13,15H,3-10H2,1-2H3,(H,22,23). The number of rotatable bonds is 7. The summed E-state index contributed by atoms with van der Waals surface area (Å²) >= 11 is 0. The van der Waals surface area contributed by atoms with Gasteiger partial charge in [-0.25, -0.2) is 4.79 Å². The van der Waals surface area contributed by atoms with E-state index in [1.54, 1.807) is 10.9 Å². The SMILES string of the molecule is CCCC(CCC)C(=O)N1CCC(n2cc(C(=O)O)cn2)CC1. The van der Waals surface area contributed by atoms with E-state index in [1.165, 1.54) is 6.20 Å². The van der Waals surface area contributed by atoms with Crippen LogP contribution >= 0.6 is 0 Å². The number of carbonyl (C=O) groups is 2. The minimum Gasteiger partial charge on any atom is -0.478 e. The molecule has 2 rings (SSSR count). The van der Waals surface area contributed by atoms with Gasteiger partial charge >= 0.3 is 5.97 Å². The summed E-state index contributed by atoms with van der Waals surface area (Å²) in [5, 5.41) is 13.1. The molecule has 23 heavy (non-hydrogen) atoms. The van der Waals surface area contributed by atoms with E-state index < -0.39 is 5.97 Å². The molecular formula is C17H27N3O3. The maximum absolute atomic E-state index is 12.6. The number of piperidine rings is 1. The molecule has 1 aromatic rings. The highest BCUT2D eigenvalue weighted by Crippen LogP contribution is 2.25. The van der Waals surface area contributed by atoms with E-state index in [0.717, 1.165) is 51.6 Å². The van der Waals surface area contributed by atoms with Crippen LogP contribution in [0.2, 0.25) is 0 Å². The predicted octanol–water partition coefficient (Wildman–Crippen LogP) is 2.96. The van der Waals surface area contributed by atoms with Crippen LogP contribution in [0.5, 0.6) is 0 Å². The van der Waals surface area contributed by atoms with Crippen LogP contribution in [0.3, 0.4) is 0 Å². The van der Waals surface area contributed by atoms with Crippen LogP contribution in [0.4, 0.5) is 0 Å². The van der Waals surface area contributed by atoms with Gasteiger partial charge in [-0.05, 0) is 25.7 Å². The van der Waals surface area contributed by atoms with Gasteiger partial charge in [0.05, 0.1) is 17.8 Å². The summed E-state index contributed by atoms with van der Waals surface area (Å²) in [6, 6.07) is 0.183. The molecule has 6 heteroatoms. The Kier molecular flexibility index (Phi) is 6.19. The van der Waals surface area contributed by atoms with E-state index in [4.69, 9.17) is 5.11 Å². The number of hydrogen-bond donors (Lipinski definition) is 1. The van der Waals surface area contributed by atoms with Crippen molar-refractivity contribution in [3.8, 4) is 0 Å². The summed E-state index contributed by atoms with van der Waals surface area (Å²) in [5.41, 5.74) is 0.217. The van der Waals surface area contributed by atoms with Gasteiger partial charge in [0.15, 0.2) is 0 Å². The van der Waals surface area contributed by atoms with Gasteiger partial charge in [-0.15, -0.1) is 0 Å². The molecule has 0 aliphatic carbocycles. The van der Waals surface area contributed by atoms with E-state index in [9.17, 15) is 9.59 Å². The van der Waals surface area contributed by atoms with Gasteiger partial charge in [0.2, 0.25) is 5.91 Å². The molecule has 0 radical (unpaired) electrons. The number of amides is 1. The second-order valence-electron chi connectivity index (χ2n) is 6.34. The molecule has 2 heterocycles. The van der Waals surface area contributed by atoms with E-state index in [1.807, 2.05) is 4.90 Å². The Labute approximate surface area is 137 Å². The minimum atomic E-state index is -0.953. The van der Waals surface area contributed by atoms with Crippen molar-refractivity contribution in [2.45, 2.75) is 58.4 Å². The first-order valence-corrected chi connectivity index (χ1v) is 8.63. The minimum absolute atomic E-state index is 0.157. The first kappa shape index (κ1) is 17.5. The first-order valence-electron chi connectivity index (χ1n) is 8.63. The number of carboxylic acids is 1. The van der Waals surface area contributed by atoms with Crippen molar-refractivity contribution in [3.63, 3.8) is 0 Å². The molecule has 0 aromatic carbocycles. The Morgan fingerprint density at radius 3 is 2.35 bits per heavy atom. The van der Waals surface area contributed by atoms with E-state index in [-0.39, 0.29) is 17.5 Å².